The molecule has 0 aliphatic rings. The molecule has 0 aliphatic carbocycles. The number of hydrogen-bond acceptors (Lipinski definition) is 6. The van der Waals surface area contributed by atoms with Crippen LogP contribution in [0.2, 0.25) is 0 Å². The summed E-state index contributed by atoms with van der Waals surface area (Å²) in [4.78, 5) is 23.6. The van der Waals surface area contributed by atoms with Crippen molar-refractivity contribution in [2.75, 3.05) is 5.73 Å². The lowest BCUT2D eigenvalue weighted by Gasteiger charge is -2.09. The van der Waals surface area contributed by atoms with Crippen LogP contribution in [-0.4, -0.2) is 20.9 Å². The van der Waals surface area contributed by atoms with E-state index in [0.717, 1.165) is 0 Å². The molecule has 0 aliphatic heterocycles. The number of nitrogens with two attached hydrogens (primary N) is 1. The van der Waals surface area contributed by atoms with Crippen molar-refractivity contribution >= 4 is 11.7 Å². The molecule has 2 aromatic rings. The Morgan fingerprint density at radius 1 is 1.44 bits per heavy atom. The predicted molar refractivity (Wildman–Crippen MR) is 63.6 cm³/mol. The summed E-state index contributed by atoms with van der Waals surface area (Å²) in [5.74, 6) is 0.952. The van der Waals surface area contributed by atoms with Crippen molar-refractivity contribution in [1.29, 1.82) is 0 Å². The molecule has 1 atom stereocenters. The average Bonchev–Trinajstić information content (AvgIpc) is 2.76. The van der Waals surface area contributed by atoms with Crippen LogP contribution in [0.5, 0.6) is 0 Å². The Balaban J connectivity index is 2.08. The maximum atomic E-state index is 11.8. The third-order valence-electron chi connectivity index (χ3n) is 2.24. The molecule has 2 heterocycles. The highest BCUT2D eigenvalue weighted by Gasteiger charge is 2.16. The van der Waals surface area contributed by atoms with E-state index in [1.165, 1.54) is 12.4 Å². The fraction of sp³-hybridized carbons (Fsp3) is 0.273. The van der Waals surface area contributed by atoms with Crippen LogP contribution in [0.15, 0.2) is 23.0 Å². The molecule has 1 unspecified atom stereocenters. The minimum absolute atomic E-state index is 0.158. The third kappa shape index (κ3) is 2.62. The minimum atomic E-state index is -0.377. The van der Waals surface area contributed by atoms with Crippen LogP contribution in [0, 0.1) is 6.92 Å². The van der Waals surface area contributed by atoms with Gasteiger partial charge in [0.15, 0.2) is 0 Å². The van der Waals surface area contributed by atoms with Crippen molar-refractivity contribution < 1.29 is 9.21 Å². The number of rotatable bonds is 3. The molecule has 0 saturated carbocycles. The zero-order valence-corrected chi connectivity index (χ0v) is 10.0. The molecule has 0 spiro atoms. The average molecular weight is 247 g/mol. The van der Waals surface area contributed by atoms with Gasteiger partial charge in [-0.25, -0.2) is 9.97 Å². The zero-order valence-electron chi connectivity index (χ0n) is 10.0. The van der Waals surface area contributed by atoms with Crippen molar-refractivity contribution in [2.45, 2.75) is 19.9 Å². The van der Waals surface area contributed by atoms with Crippen molar-refractivity contribution in [2.24, 2.45) is 0 Å². The highest BCUT2D eigenvalue weighted by molar-refractivity contribution is 5.92. The van der Waals surface area contributed by atoms with Crippen LogP contribution in [0.1, 0.15) is 35.1 Å². The summed E-state index contributed by atoms with van der Waals surface area (Å²) >= 11 is 0. The van der Waals surface area contributed by atoms with E-state index in [-0.39, 0.29) is 23.5 Å². The number of carbonyl (C=O) groups is 1. The Morgan fingerprint density at radius 2 is 2.22 bits per heavy atom. The van der Waals surface area contributed by atoms with Crippen molar-refractivity contribution in [3.8, 4) is 0 Å². The number of carbonyl (C=O) groups excluding carboxylic acids is 1. The number of amides is 1. The molecule has 2 aromatic heterocycles. The first kappa shape index (κ1) is 12.0. The molecular formula is C11H13N5O2. The Kier molecular flexibility index (Phi) is 3.22. The standard InChI is InChI=1S/C11H13N5O2/c1-6-3-14-11(18-6)7(2)15-10(17)8-4-13-5-9(12)16-8/h3-5,7H,1-2H3,(H2,12,16)(H,15,17). The van der Waals surface area contributed by atoms with Gasteiger partial charge in [0.05, 0.1) is 18.6 Å². The first-order chi connectivity index (χ1) is 8.56. The van der Waals surface area contributed by atoms with Gasteiger partial charge in [0, 0.05) is 0 Å². The molecule has 3 N–H and O–H groups in total. The summed E-state index contributed by atoms with van der Waals surface area (Å²) < 4.78 is 5.32. The van der Waals surface area contributed by atoms with E-state index in [4.69, 9.17) is 10.2 Å². The molecule has 0 saturated heterocycles. The number of oxazole rings is 1. The summed E-state index contributed by atoms with van der Waals surface area (Å²) in [7, 11) is 0. The number of aromatic nitrogens is 3. The summed E-state index contributed by atoms with van der Waals surface area (Å²) in [6, 6.07) is -0.352. The number of nitrogens with zero attached hydrogens (tertiary/aromatic N) is 3. The van der Waals surface area contributed by atoms with Crippen LogP contribution >= 0.6 is 0 Å². The van der Waals surface area contributed by atoms with Crippen LogP contribution < -0.4 is 11.1 Å². The van der Waals surface area contributed by atoms with Gasteiger partial charge in [-0.2, -0.15) is 0 Å². The molecule has 0 fully saturated rings. The van der Waals surface area contributed by atoms with Gasteiger partial charge in [0.1, 0.15) is 23.3 Å². The Labute approximate surface area is 103 Å². The van der Waals surface area contributed by atoms with E-state index in [1.54, 1.807) is 20.0 Å². The first-order valence-electron chi connectivity index (χ1n) is 5.37. The van der Waals surface area contributed by atoms with Crippen molar-refractivity contribution in [3.63, 3.8) is 0 Å². The van der Waals surface area contributed by atoms with E-state index in [0.29, 0.717) is 11.7 Å². The fourth-order valence-corrected chi connectivity index (χ4v) is 1.40. The third-order valence-corrected chi connectivity index (χ3v) is 2.24. The maximum absolute atomic E-state index is 11.8. The van der Waals surface area contributed by atoms with Gasteiger partial charge in [-0.15, -0.1) is 0 Å². The maximum Gasteiger partial charge on any atom is 0.272 e. The van der Waals surface area contributed by atoms with Crippen LogP contribution in [0.3, 0.4) is 0 Å². The fourth-order valence-electron chi connectivity index (χ4n) is 1.40. The zero-order chi connectivity index (χ0) is 13.1. The molecule has 0 aromatic carbocycles. The van der Waals surface area contributed by atoms with Crippen molar-refractivity contribution in [3.05, 3.63) is 35.9 Å². The van der Waals surface area contributed by atoms with Gasteiger partial charge >= 0.3 is 0 Å². The van der Waals surface area contributed by atoms with E-state index in [9.17, 15) is 4.79 Å². The van der Waals surface area contributed by atoms with Gasteiger partial charge in [0.2, 0.25) is 5.89 Å². The molecular weight excluding hydrogens is 234 g/mol. The van der Waals surface area contributed by atoms with E-state index < -0.39 is 0 Å². The highest BCUT2D eigenvalue weighted by atomic mass is 16.4. The second-order valence-corrected chi connectivity index (χ2v) is 3.83. The molecule has 7 nitrogen and oxygen atoms in total. The lowest BCUT2D eigenvalue weighted by atomic mass is 10.3. The van der Waals surface area contributed by atoms with Gasteiger partial charge in [-0.05, 0) is 13.8 Å². The Morgan fingerprint density at radius 3 is 2.83 bits per heavy atom. The molecule has 94 valence electrons. The normalized spacial score (nSPS) is 12.1. The van der Waals surface area contributed by atoms with Gasteiger partial charge in [-0.1, -0.05) is 0 Å². The summed E-state index contributed by atoms with van der Waals surface area (Å²) in [6.45, 7) is 3.55. The Bertz CT molecular complexity index is 566. The van der Waals surface area contributed by atoms with Crippen LogP contribution in [0.4, 0.5) is 5.82 Å². The smallest absolute Gasteiger partial charge is 0.272 e. The number of hydrogen-bond donors (Lipinski definition) is 2. The lowest BCUT2D eigenvalue weighted by Crippen LogP contribution is -2.27. The number of aryl methyl sites for hydroxylation is 1. The molecule has 18 heavy (non-hydrogen) atoms. The van der Waals surface area contributed by atoms with E-state index in [1.807, 2.05) is 0 Å². The highest BCUT2D eigenvalue weighted by Crippen LogP contribution is 2.12. The molecule has 7 heteroatoms. The quantitative estimate of drug-likeness (QED) is 0.832. The summed E-state index contributed by atoms with van der Waals surface area (Å²) in [5.41, 5.74) is 5.61. The monoisotopic (exact) mass is 247 g/mol. The summed E-state index contributed by atoms with van der Waals surface area (Å²) in [6.07, 6.45) is 4.31. The second-order valence-electron chi connectivity index (χ2n) is 3.83. The van der Waals surface area contributed by atoms with Gasteiger partial charge in [0.25, 0.3) is 5.91 Å². The number of anilines is 1. The molecule has 0 bridgehead atoms. The largest absolute Gasteiger partial charge is 0.444 e. The van der Waals surface area contributed by atoms with Crippen LogP contribution in [0.25, 0.3) is 0 Å². The molecule has 1 amide bonds. The first-order valence-corrected chi connectivity index (χ1v) is 5.37. The van der Waals surface area contributed by atoms with Gasteiger partial charge in [-0.3, -0.25) is 9.78 Å². The topological polar surface area (TPSA) is 107 Å². The SMILES string of the molecule is Cc1cnc(C(C)NC(=O)c2cncc(N)n2)o1. The van der Waals surface area contributed by atoms with Gasteiger partial charge < -0.3 is 15.5 Å². The van der Waals surface area contributed by atoms with Crippen molar-refractivity contribution in [1.82, 2.24) is 20.3 Å². The predicted octanol–water partition coefficient (Wildman–Crippen LogP) is 0.846. The number of nitrogens with one attached hydrogen (secondary N) is 1. The minimum Gasteiger partial charge on any atom is -0.444 e. The van der Waals surface area contributed by atoms with Crippen LogP contribution in [-0.2, 0) is 0 Å². The molecule has 2 rings (SSSR count). The Hall–Kier alpha value is -2.44. The number of nitrogen functional groups attached to an aromatic ring is 1. The summed E-state index contributed by atoms with van der Waals surface area (Å²) in [5, 5.41) is 2.70. The second kappa shape index (κ2) is 4.82. The van der Waals surface area contributed by atoms with E-state index >= 15 is 0 Å². The lowest BCUT2D eigenvalue weighted by molar-refractivity contribution is 0.0928. The molecule has 0 radical (unpaired) electrons. The van der Waals surface area contributed by atoms with E-state index in [2.05, 4.69) is 20.3 Å².